The molecule has 0 fully saturated rings. The Morgan fingerprint density at radius 2 is 2.19 bits per heavy atom. The summed E-state index contributed by atoms with van der Waals surface area (Å²) in [6.45, 7) is 0.852. The van der Waals surface area contributed by atoms with Crippen molar-refractivity contribution in [3.05, 3.63) is 28.3 Å². The van der Waals surface area contributed by atoms with Crippen molar-refractivity contribution in [3.63, 3.8) is 0 Å². The molecule has 0 aliphatic rings. The molecule has 0 unspecified atom stereocenters. The van der Waals surface area contributed by atoms with Crippen LogP contribution in [0.25, 0.3) is 0 Å². The number of hydrogen-bond donors (Lipinski definition) is 2. The van der Waals surface area contributed by atoms with Gasteiger partial charge in [0.2, 0.25) is 5.91 Å². The van der Waals surface area contributed by atoms with E-state index >= 15 is 0 Å². The number of benzene rings is 1. The van der Waals surface area contributed by atoms with E-state index in [2.05, 4.69) is 10.6 Å². The maximum atomic E-state index is 11.7. The van der Waals surface area contributed by atoms with Gasteiger partial charge in [0.05, 0.1) is 18.1 Å². The molecule has 1 aromatic rings. The molecule has 0 bridgehead atoms. The van der Waals surface area contributed by atoms with Gasteiger partial charge in [0.15, 0.2) is 0 Å². The highest BCUT2D eigenvalue weighted by molar-refractivity contribution is 5.84. The SMILES string of the molecule is CNc1cccc(N(C)CC(=O)NCCOC)c1[N+](=O)[O-]. The minimum absolute atomic E-state index is 0.0255. The molecule has 0 heterocycles. The summed E-state index contributed by atoms with van der Waals surface area (Å²) < 4.78 is 4.84. The number of carbonyl (C=O) groups excluding carboxylic acids is 1. The van der Waals surface area contributed by atoms with Crippen LogP contribution in [0.3, 0.4) is 0 Å². The van der Waals surface area contributed by atoms with E-state index in [0.717, 1.165) is 0 Å². The van der Waals surface area contributed by atoms with E-state index in [1.54, 1.807) is 44.3 Å². The lowest BCUT2D eigenvalue weighted by atomic mass is 10.2. The van der Waals surface area contributed by atoms with Crippen molar-refractivity contribution >= 4 is 23.0 Å². The second kappa shape index (κ2) is 8.05. The van der Waals surface area contributed by atoms with Gasteiger partial charge in [-0.15, -0.1) is 0 Å². The molecule has 0 aliphatic heterocycles. The minimum atomic E-state index is -0.458. The quantitative estimate of drug-likeness (QED) is 0.419. The van der Waals surface area contributed by atoms with Crippen molar-refractivity contribution in [3.8, 4) is 0 Å². The smallest absolute Gasteiger partial charge is 0.315 e. The molecule has 0 saturated carbocycles. The van der Waals surface area contributed by atoms with Crippen LogP contribution in [0.5, 0.6) is 0 Å². The molecule has 0 aromatic heterocycles. The first-order valence-corrected chi connectivity index (χ1v) is 6.43. The zero-order chi connectivity index (χ0) is 15.8. The van der Waals surface area contributed by atoms with E-state index in [4.69, 9.17) is 4.74 Å². The summed E-state index contributed by atoms with van der Waals surface area (Å²) in [5.41, 5.74) is 0.741. The number of nitrogens with one attached hydrogen (secondary N) is 2. The number of nitrogens with zero attached hydrogens (tertiary/aromatic N) is 2. The molecular weight excluding hydrogens is 276 g/mol. The summed E-state index contributed by atoms with van der Waals surface area (Å²) >= 11 is 0. The summed E-state index contributed by atoms with van der Waals surface area (Å²) in [6.07, 6.45) is 0. The molecule has 0 atom stereocenters. The van der Waals surface area contributed by atoms with Crippen LogP contribution in [0.2, 0.25) is 0 Å². The van der Waals surface area contributed by atoms with Gasteiger partial charge in [-0.25, -0.2) is 0 Å². The highest BCUT2D eigenvalue weighted by atomic mass is 16.6. The van der Waals surface area contributed by atoms with Crippen LogP contribution in [0.15, 0.2) is 18.2 Å². The van der Waals surface area contributed by atoms with Crippen LogP contribution in [0, 0.1) is 10.1 Å². The lowest BCUT2D eigenvalue weighted by Crippen LogP contribution is -2.36. The summed E-state index contributed by atoms with van der Waals surface area (Å²) in [7, 11) is 4.80. The van der Waals surface area contributed by atoms with Gasteiger partial charge in [-0.1, -0.05) is 6.07 Å². The second-order valence-electron chi connectivity index (χ2n) is 4.38. The fourth-order valence-electron chi connectivity index (χ4n) is 1.88. The third kappa shape index (κ3) is 4.60. The zero-order valence-corrected chi connectivity index (χ0v) is 12.4. The fraction of sp³-hybridized carbons (Fsp3) is 0.462. The Hall–Kier alpha value is -2.35. The van der Waals surface area contributed by atoms with Gasteiger partial charge in [-0.3, -0.25) is 14.9 Å². The van der Waals surface area contributed by atoms with Crippen molar-refractivity contribution in [2.45, 2.75) is 0 Å². The number of nitro benzene ring substituents is 1. The highest BCUT2D eigenvalue weighted by Gasteiger charge is 2.22. The molecule has 8 nitrogen and oxygen atoms in total. The van der Waals surface area contributed by atoms with Gasteiger partial charge in [0.1, 0.15) is 11.4 Å². The summed E-state index contributed by atoms with van der Waals surface area (Å²) in [5, 5.41) is 16.7. The third-order valence-electron chi connectivity index (χ3n) is 2.89. The van der Waals surface area contributed by atoms with Gasteiger partial charge in [0, 0.05) is 27.7 Å². The topological polar surface area (TPSA) is 96.7 Å². The number of rotatable bonds is 8. The van der Waals surface area contributed by atoms with E-state index in [1.165, 1.54) is 0 Å². The summed E-state index contributed by atoms with van der Waals surface area (Å²) in [6, 6.07) is 4.93. The lowest BCUT2D eigenvalue weighted by Gasteiger charge is -2.19. The van der Waals surface area contributed by atoms with E-state index in [0.29, 0.717) is 24.5 Å². The number of para-hydroxylation sites is 1. The maximum absolute atomic E-state index is 11.7. The predicted octanol–water partition coefficient (Wildman–Crippen LogP) is 0.835. The van der Waals surface area contributed by atoms with Crippen LogP contribution in [0.1, 0.15) is 0 Å². The summed E-state index contributed by atoms with van der Waals surface area (Å²) in [4.78, 5) is 24.1. The molecule has 1 aromatic carbocycles. The Kier molecular flexibility index (Phi) is 6.41. The van der Waals surface area contributed by atoms with Crippen molar-refractivity contribution in [2.75, 3.05) is 51.1 Å². The minimum Gasteiger partial charge on any atom is -0.383 e. The first-order valence-electron chi connectivity index (χ1n) is 6.43. The molecule has 1 rings (SSSR count). The Balaban J connectivity index is 2.84. The van der Waals surface area contributed by atoms with Crippen molar-refractivity contribution < 1.29 is 14.5 Å². The Labute approximate surface area is 123 Å². The van der Waals surface area contributed by atoms with E-state index in [9.17, 15) is 14.9 Å². The summed E-state index contributed by atoms with van der Waals surface area (Å²) in [5.74, 6) is -0.223. The largest absolute Gasteiger partial charge is 0.383 e. The molecule has 0 saturated heterocycles. The van der Waals surface area contributed by atoms with Crippen molar-refractivity contribution in [1.82, 2.24) is 5.32 Å². The molecule has 0 radical (unpaired) electrons. The molecule has 2 N–H and O–H groups in total. The van der Waals surface area contributed by atoms with Crippen LogP contribution in [-0.4, -0.2) is 51.7 Å². The normalized spacial score (nSPS) is 10.0. The number of ether oxygens (including phenoxy) is 1. The fourth-order valence-corrected chi connectivity index (χ4v) is 1.88. The van der Waals surface area contributed by atoms with Gasteiger partial charge in [-0.05, 0) is 12.1 Å². The van der Waals surface area contributed by atoms with Gasteiger partial charge < -0.3 is 20.3 Å². The van der Waals surface area contributed by atoms with Crippen LogP contribution in [-0.2, 0) is 9.53 Å². The Morgan fingerprint density at radius 3 is 2.76 bits per heavy atom. The number of methoxy groups -OCH3 is 1. The van der Waals surface area contributed by atoms with Gasteiger partial charge in [0.25, 0.3) is 0 Å². The Morgan fingerprint density at radius 1 is 1.48 bits per heavy atom. The van der Waals surface area contributed by atoms with Crippen LogP contribution >= 0.6 is 0 Å². The molecular formula is C13H20N4O4. The molecule has 0 spiro atoms. The average molecular weight is 296 g/mol. The number of nitro groups is 1. The lowest BCUT2D eigenvalue weighted by molar-refractivity contribution is -0.383. The van der Waals surface area contributed by atoms with Crippen LogP contribution < -0.4 is 15.5 Å². The molecule has 0 aliphatic carbocycles. The van der Waals surface area contributed by atoms with Crippen molar-refractivity contribution in [2.24, 2.45) is 0 Å². The first-order chi connectivity index (χ1) is 10.0. The number of amides is 1. The van der Waals surface area contributed by atoms with Gasteiger partial charge >= 0.3 is 5.69 Å². The molecule has 1 amide bonds. The van der Waals surface area contributed by atoms with E-state index in [1.807, 2.05) is 0 Å². The molecule has 21 heavy (non-hydrogen) atoms. The van der Waals surface area contributed by atoms with Crippen molar-refractivity contribution in [1.29, 1.82) is 0 Å². The first kappa shape index (κ1) is 16.7. The Bertz CT molecular complexity index is 507. The second-order valence-corrected chi connectivity index (χ2v) is 4.38. The van der Waals surface area contributed by atoms with Crippen LogP contribution in [0.4, 0.5) is 17.1 Å². The monoisotopic (exact) mass is 296 g/mol. The van der Waals surface area contributed by atoms with E-state index in [-0.39, 0.29) is 18.1 Å². The van der Waals surface area contributed by atoms with E-state index < -0.39 is 4.92 Å². The molecule has 8 heteroatoms. The van der Waals surface area contributed by atoms with Gasteiger partial charge in [-0.2, -0.15) is 0 Å². The highest BCUT2D eigenvalue weighted by Crippen LogP contribution is 2.34. The molecule has 116 valence electrons. The third-order valence-corrected chi connectivity index (χ3v) is 2.89. The number of likely N-dealkylation sites (N-methyl/N-ethyl adjacent to an activating group) is 1. The number of carbonyl (C=O) groups is 1. The number of hydrogen-bond acceptors (Lipinski definition) is 6. The standard InChI is InChI=1S/C13H20N4O4/c1-14-10-5-4-6-11(13(10)17(19)20)16(2)9-12(18)15-7-8-21-3/h4-6,14H,7-9H2,1-3H3,(H,15,18). The average Bonchev–Trinajstić information content (AvgIpc) is 2.46. The number of anilines is 2. The maximum Gasteiger partial charge on any atom is 0.315 e. The predicted molar refractivity (Wildman–Crippen MR) is 80.8 cm³/mol. The zero-order valence-electron chi connectivity index (χ0n) is 12.4.